The molecule has 0 unspecified atom stereocenters. The Bertz CT molecular complexity index is 674. The Kier molecular flexibility index (Phi) is 9.17. The number of carbonyl (C=O) groups is 1. The topological polar surface area (TPSA) is 76.1 Å². The highest BCUT2D eigenvalue weighted by Gasteiger charge is 2.15. The van der Waals surface area contributed by atoms with Gasteiger partial charge in [-0.1, -0.05) is 33.8 Å². The number of methoxy groups -OCH3 is 1. The van der Waals surface area contributed by atoms with Gasteiger partial charge < -0.3 is 15.4 Å². The van der Waals surface area contributed by atoms with E-state index in [1.807, 2.05) is 39.8 Å². The standard InChI is InChI=1S/C15H16N4O2.2C2H6/c1-21-15(20)10-3-2-4-11(7-10)19-14-12-5-6-16-8-13(12)17-9-18-14;2*1-2/h2-4,7,9,16H,5-6,8H2,1H3,(H,17,18,19);2*1-2H3. The van der Waals surface area contributed by atoms with E-state index < -0.39 is 0 Å². The highest BCUT2D eigenvalue weighted by Crippen LogP contribution is 2.23. The first-order valence-electron chi connectivity index (χ1n) is 8.77. The lowest BCUT2D eigenvalue weighted by Gasteiger charge is -2.19. The van der Waals surface area contributed by atoms with Crippen LogP contribution in [-0.4, -0.2) is 29.6 Å². The van der Waals surface area contributed by atoms with Crippen molar-refractivity contribution in [2.45, 2.75) is 40.7 Å². The maximum absolute atomic E-state index is 11.6. The highest BCUT2D eigenvalue weighted by molar-refractivity contribution is 5.90. The summed E-state index contributed by atoms with van der Waals surface area (Å²) in [6.45, 7) is 9.67. The predicted octanol–water partition coefficient (Wildman–Crippen LogP) is 3.70. The first kappa shape index (κ1) is 20.6. The Labute approximate surface area is 150 Å². The van der Waals surface area contributed by atoms with E-state index in [4.69, 9.17) is 4.74 Å². The van der Waals surface area contributed by atoms with Gasteiger partial charge in [0.1, 0.15) is 12.1 Å². The van der Waals surface area contributed by atoms with Crippen LogP contribution in [0.5, 0.6) is 0 Å². The van der Waals surface area contributed by atoms with Crippen LogP contribution in [0.4, 0.5) is 11.5 Å². The number of fused-ring (bicyclic) bond motifs is 1. The molecule has 0 fully saturated rings. The Balaban J connectivity index is 0.000000730. The molecule has 6 nitrogen and oxygen atoms in total. The van der Waals surface area contributed by atoms with E-state index in [0.717, 1.165) is 42.3 Å². The van der Waals surface area contributed by atoms with E-state index in [2.05, 4.69) is 20.6 Å². The molecule has 1 aromatic heterocycles. The fourth-order valence-electron chi connectivity index (χ4n) is 2.37. The molecular weight excluding hydrogens is 316 g/mol. The third-order valence-corrected chi connectivity index (χ3v) is 3.43. The molecule has 2 N–H and O–H groups in total. The summed E-state index contributed by atoms with van der Waals surface area (Å²) in [6.07, 6.45) is 2.44. The van der Waals surface area contributed by atoms with E-state index >= 15 is 0 Å². The maximum Gasteiger partial charge on any atom is 0.337 e. The lowest BCUT2D eigenvalue weighted by atomic mass is 10.1. The fourth-order valence-corrected chi connectivity index (χ4v) is 2.37. The van der Waals surface area contributed by atoms with Gasteiger partial charge in [-0.05, 0) is 31.2 Å². The van der Waals surface area contributed by atoms with Crippen LogP contribution < -0.4 is 10.6 Å². The third-order valence-electron chi connectivity index (χ3n) is 3.43. The van der Waals surface area contributed by atoms with Crippen molar-refractivity contribution >= 4 is 17.5 Å². The van der Waals surface area contributed by atoms with Crippen LogP contribution in [0.2, 0.25) is 0 Å². The summed E-state index contributed by atoms with van der Waals surface area (Å²) in [7, 11) is 1.37. The molecular formula is C19H28N4O2. The first-order chi connectivity index (χ1) is 12.3. The van der Waals surface area contributed by atoms with Gasteiger partial charge in [0.05, 0.1) is 18.4 Å². The van der Waals surface area contributed by atoms with E-state index in [-0.39, 0.29) is 5.97 Å². The number of nitrogens with zero attached hydrogens (tertiary/aromatic N) is 2. The molecule has 1 aliphatic heterocycles. The van der Waals surface area contributed by atoms with Crippen molar-refractivity contribution < 1.29 is 9.53 Å². The fraction of sp³-hybridized carbons (Fsp3) is 0.421. The molecule has 1 aliphatic rings. The number of aromatic nitrogens is 2. The summed E-state index contributed by atoms with van der Waals surface area (Å²) in [5.74, 6) is 0.441. The van der Waals surface area contributed by atoms with Crippen molar-refractivity contribution in [2.75, 3.05) is 19.0 Å². The molecule has 0 atom stereocenters. The molecule has 136 valence electrons. The highest BCUT2D eigenvalue weighted by atomic mass is 16.5. The van der Waals surface area contributed by atoms with Gasteiger partial charge in [0, 0.05) is 17.8 Å². The summed E-state index contributed by atoms with van der Waals surface area (Å²) in [5.41, 5.74) is 3.45. The molecule has 0 bridgehead atoms. The smallest absolute Gasteiger partial charge is 0.337 e. The minimum atomic E-state index is -0.354. The zero-order valence-electron chi connectivity index (χ0n) is 15.7. The molecule has 25 heavy (non-hydrogen) atoms. The van der Waals surface area contributed by atoms with E-state index in [0.29, 0.717) is 5.56 Å². The van der Waals surface area contributed by atoms with Crippen LogP contribution in [0.25, 0.3) is 0 Å². The molecule has 1 aromatic carbocycles. The maximum atomic E-state index is 11.6. The number of hydrogen-bond acceptors (Lipinski definition) is 6. The van der Waals surface area contributed by atoms with Crippen LogP contribution in [0.15, 0.2) is 30.6 Å². The summed E-state index contributed by atoms with van der Waals surface area (Å²) in [4.78, 5) is 20.2. The molecule has 0 amide bonds. The summed E-state index contributed by atoms with van der Waals surface area (Å²) in [6, 6.07) is 7.17. The van der Waals surface area contributed by atoms with Crippen LogP contribution in [0.3, 0.4) is 0 Å². The van der Waals surface area contributed by atoms with Crippen LogP contribution in [0.1, 0.15) is 49.3 Å². The molecule has 0 aliphatic carbocycles. The SMILES string of the molecule is CC.CC.COC(=O)c1cccc(Nc2ncnc3c2CCNC3)c1. The zero-order valence-corrected chi connectivity index (χ0v) is 15.7. The Morgan fingerprint density at radius 1 is 1.20 bits per heavy atom. The van der Waals surface area contributed by atoms with Gasteiger partial charge >= 0.3 is 5.97 Å². The van der Waals surface area contributed by atoms with Gasteiger partial charge in [0.2, 0.25) is 0 Å². The van der Waals surface area contributed by atoms with Crippen molar-refractivity contribution in [3.05, 3.63) is 47.4 Å². The van der Waals surface area contributed by atoms with Gasteiger partial charge in [-0.3, -0.25) is 0 Å². The predicted molar refractivity (Wildman–Crippen MR) is 101 cm³/mol. The molecule has 0 saturated heterocycles. The number of rotatable bonds is 3. The largest absolute Gasteiger partial charge is 0.465 e. The van der Waals surface area contributed by atoms with Crippen molar-refractivity contribution in [2.24, 2.45) is 0 Å². The van der Waals surface area contributed by atoms with Crippen LogP contribution >= 0.6 is 0 Å². The van der Waals surface area contributed by atoms with E-state index in [9.17, 15) is 4.79 Å². The molecule has 0 spiro atoms. The lowest BCUT2D eigenvalue weighted by Crippen LogP contribution is -2.25. The second-order valence-electron chi connectivity index (χ2n) is 4.77. The number of carbonyl (C=O) groups excluding carboxylic acids is 1. The average Bonchev–Trinajstić information content (AvgIpc) is 2.71. The van der Waals surface area contributed by atoms with Crippen molar-refractivity contribution in [3.8, 4) is 0 Å². The average molecular weight is 344 g/mol. The third kappa shape index (κ3) is 5.53. The number of anilines is 2. The van der Waals surface area contributed by atoms with Crippen LogP contribution in [-0.2, 0) is 17.7 Å². The van der Waals surface area contributed by atoms with Crippen molar-refractivity contribution in [1.82, 2.24) is 15.3 Å². The molecule has 2 heterocycles. The number of ether oxygens (including phenoxy) is 1. The van der Waals surface area contributed by atoms with Gasteiger partial charge in [-0.2, -0.15) is 0 Å². The summed E-state index contributed by atoms with van der Waals surface area (Å²) in [5, 5.41) is 6.55. The Hall–Kier alpha value is -2.47. The molecule has 0 radical (unpaired) electrons. The quantitative estimate of drug-likeness (QED) is 0.827. The van der Waals surface area contributed by atoms with Gasteiger partial charge in [-0.15, -0.1) is 0 Å². The normalized spacial score (nSPS) is 11.7. The van der Waals surface area contributed by atoms with Gasteiger partial charge in [-0.25, -0.2) is 14.8 Å². The first-order valence-corrected chi connectivity index (χ1v) is 8.77. The van der Waals surface area contributed by atoms with Crippen molar-refractivity contribution in [1.29, 1.82) is 0 Å². The summed E-state index contributed by atoms with van der Waals surface area (Å²) < 4.78 is 4.73. The van der Waals surface area contributed by atoms with Crippen LogP contribution in [0, 0.1) is 0 Å². The number of esters is 1. The van der Waals surface area contributed by atoms with Gasteiger partial charge in [0.15, 0.2) is 0 Å². The summed E-state index contributed by atoms with van der Waals surface area (Å²) >= 11 is 0. The molecule has 6 heteroatoms. The Morgan fingerprint density at radius 2 is 1.96 bits per heavy atom. The van der Waals surface area contributed by atoms with E-state index in [1.165, 1.54) is 7.11 Å². The Morgan fingerprint density at radius 3 is 2.68 bits per heavy atom. The number of nitrogens with one attached hydrogen (secondary N) is 2. The molecule has 3 rings (SSSR count). The second-order valence-corrected chi connectivity index (χ2v) is 4.77. The number of hydrogen-bond donors (Lipinski definition) is 2. The zero-order chi connectivity index (χ0) is 18.7. The molecule has 0 saturated carbocycles. The van der Waals surface area contributed by atoms with Crippen molar-refractivity contribution in [3.63, 3.8) is 0 Å². The minimum absolute atomic E-state index is 0.354. The minimum Gasteiger partial charge on any atom is -0.465 e. The van der Waals surface area contributed by atoms with E-state index in [1.54, 1.807) is 18.5 Å². The number of benzene rings is 1. The molecule has 2 aromatic rings. The monoisotopic (exact) mass is 344 g/mol. The lowest BCUT2D eigenvalue weighted by molar-refractivity contribution is 0.0601. The second kappa shape index (κ2) is 11.1. The van der Waals surface area contributed by atoms with Gasteiger partial charge in [0.25, 0.3) is 0 Å².